The lowest BCUT2D eigenvalue weighted by atomic mass is 10.1. The molecule has 0 saturated carbocycles. The van der Waals surface area contributed by atoms with Crippen molar-refractivity contribution in [2.45, 2.75) is 12.8 Å². The summed E-state index contributed by atoms with van der Waals surface area (Å²) in [7, 11) is 0. The minimum Gasteiger partial charge on any atom is -0.444 e. The average molecular weight is 362 g/mol. The minimum absolute atomic E-state index is 0.0561. The number of amides is 1. The number of benzene rings is 1. The van der Waals surface area contributed by atoms with Crippen LogP contribution in [0.2, 0.25) is 0 Å². The Labute approximate surface area is 134 Å². The number of aryl methyl sites for hydroxylation is 1. The van der Waals surface area contributed by atoms with Crippen molar-refractivity contribution >= 4 is 27.9 Å². The molecule has 0 atom stereocenters. The summed E-state index contributed by atoms with van der Waals surface area (Å²) in [6.45, 7) is 0. The Hall–Kier alpha value is -2.41. The second kappa shape index (κ2) is 6.57. The maximum atomic E-state index is 11.9. The molecule has 1 aromatic carbocycles. The summed E-state index contributed by atoms with van der Waals surface area (Å²) < 4.78 is 11.2. The number of rotatable bonds is 5. The molecule has 3 rings (SSSR count). The molecule has 0 radical (unpaired) electrons. The molecular weight excluding hydrogens is 350 g/mol. The van der Waals surface area contributed by atoms with Gasteiger partial charge in [-0.1, -0.05) is 35.4 Å². The van der Waals surface area contributed by atoms with E-state index in [1.165, 1.54) is 0 Å². The van der Waals surface area contributed by atoms with Crippen LogP contribution in [0.3, 0.4) is 0 Å². The molecule has 0 aliphatic heterocycles. The van der Waals surface area contributed by atoms with Crippen molar-refractivity contribution in [3.8, 4) is 11.7 Å². The van der Waals surface area contributed by atoms with Crippen LogP contribution in [0.4, 0.5) is 6.01 Å². The van der Waals surface area contributed by atoms with Gasteiger partial charge in [0.15, 0.2) is 10.4 Å². The number of aromatic nitrogens is 2. The standard InChI is InChI=1S/C15H12BrN3O3/c16-12-8-7-11(21-12)14-18-19-15(22-14)17-13(20)9-6-10-4-2-1-3-5-10/h1-5,7-8H,6,9H2,(H,17,19,20). The van der Waals surface area contributed by atoms with E-state index < -0.39 is 0 Å². The van der Waals surface area contributed by atoms with Crippen molar-refractivity contribution in [2.24, 2.45) is 0 Å². The highest BCUT2D eigenvalue weighted by Gasteiger charge is 2.14. The molecule has 2 heterocycles. The van der Waals surface area contributed by atoms with E-state index >= 15 is 0 Å². The summed E-state index contributed by atoms with van der Waals surface area (Å²) >= 11 is 3.19. The van der Waals surface area contributed by atoms with Gasteiger partial charge in [-0.05, 0) is 40.0 Å². The Balaban J connectivity index is 1.57. The van der Waals surface area contributed by atoms with Crippen LogP contribution in [-0.2, 0) is 11.2 Å². The molecule has 7 heteroatoms. The quantitative estimate of drug-likeness (QED) is 0.749. The number of hydrogen-bond donors (Lipinski definition) is 1. The highest BCUT2D eigenvalue weighted by atomic mass is 79.9. The highest BCUT2D eigenvalue weighted by molar-refractivity contribution is 9.10. The van der Waals surface area contributed by atoms with Crippen LogP contribution in [-0.4, -0.2) is 16.1 Å². The summed E-state index contributed by atoms with van der Waals surface area (Å²) in [5, 5.41) is 10.2. The number of furan rings is 1. The summed E-state index contributed by atoms with van der Waals surface area (Å²) in [4.78, 5) is 11.9. The highest BCUT2D eigenvalue weighted by Crippen LogP contribution is 2.24. The van der Waals surface area contributed by atoms with Crippen molar-refractivity contribution < 1.29 is 13.6 Å². The van der Waals surface area contributed by atoms with Gasteiger partial charge in [-0.25, -0.2) is 0 Å². The molecule has 112 valence electrons. The molecule has 0 aliphatic rings. The molecule has 1 amide bonds. The van der Waals surface area contributed by atoms with Crippen LogP contribution in [0.25, 0.3) is 11.7 Å². The fraction of sp³-hybridized carbons (Fsp3) is 0.133. The number of carbonyl (C=O) groups excluding carboxylic acids is 1. The van der Waals surface area contributed by atoms with Gasteiger partial charge in [0.25, 0.3) is 5.89 Å². The number of nitrogens with one attached hydrogen (secondary N) is 1. The third-order valence-corrected chi connectivity index (χ3v) is 3.37. The molecule has 3 aromatic rings. The van der Waals surface area contributed by atoms with Crippen molar-refractivity contribution in [3.63, 3.8) is 0 Å². The third-order valence-electron chi connectivity index (χ3n) is 2.94. The zero-order valence-electron chi connectivity index (χ0n) is 11.5. The van der Waals surface area contributed by atoms with E-state index in [9.17, 15) is 4.79 Å². The smallest absolute Gasteiger partial charge is 0.322 e. The van der Waals surface area contributed by atoms with E-state index in [0.29, 0.717) is 23.3 Å². The molecule has 22 heavy (non-hydrogen) atoms. The van der Waals surface area contributed by atoms with Gasteiger partial charge in [-0.2, -0.15) is 0 Å². The SMILES string of the molecule is O=C(CCc1ccccc1)Nc1nnc(-c2ccc(Br)o2)o1. The first-order valence-corrected chi connectivity index (χ1v) is 7.43. The van der Waals surface area contributed by atoms with E-state index in [1.807, 2.05) is 30.3 Å². The average Bonchev–Trinajstić information content (AvgIpc) is 3.15. The van der Waals surface area contributed by atoms with E-state index in [2.05, 4.69) is 31.4 Å². The molecular formula is C15H12BrN3O3. The summed E-state index contributed by atoms with van der Waals surface area (Å²) in [6, 6.07) is 13.3. The predicted molar refractivity (Wildman–Crippen MR) is 83.1 cm³/mol. The zero-order valence-corrected chi connectivity index (χ0v) is 13.0. The second-order valence-electron chi connectivity index (χ2n) is 4.55. The Morgan fingerprint density at radius 3 is 2.64 bits per heavy atom. The molecule has 1 N–H and O–H groups in total. The van der Waals surface area contributed by atoms with Crippen LogP contribution in [0.1, 0.15) is 12.0 Å². The Bertz CT molecular complexity index is 767. The third kappa shape index (κ3) is 3.62. The molecule has 2 aromatic heterocycles. The minimum atomic E-state index is -0.181. The summed E-state index contributed by atoms with van der Waals surface area (Å²) in [5.74, 6) is 0.466. The predicted octanol–water partition coefficient (Wildman–Crippen LogP) is 3.66. The van der Waals surface area contributed by atoms with Crippen molar-refractivity contribution in [1.29, 1.82) is 0 Å². The monoisotopic (exact) mass is 361 g/mol. The van der Waals surface area contributed by atoms with Gasteiger partial charge in [0, 0.05) is 6.42 Å². The van der Waals surface area contributed by atoms with Gasteiger partial charge in [0.1, 0.15) is 0 Å². The van der Waals surface area contributed by atoms with E-state index in [-0.39, 0.29) is 17.8 Å². The number of nitrogens with zero attached hydrogens (tertiary/aromatic N) is 2. The topological polar surface area (TPSA) is 81.2 Å². The molecule has 0 unspecified atom stereocenters. The lowest BCUT2D eigenvalue weighted by molar-refractivity contribution is -0.116. The maximum Gasteiger partial charge on any atom is 0.322 e. The van der Waals surface area contributed by atoms with E-state index in [1.54, 1.807) is 12.1 Å². The molecule has 0 aliphatic carbocycles. The molecule has 0 bridgehead atoms. The second-order valence-corrected chi connectivity index (χ2v) is 5.33. The van der Waals surface area contributed by atoms with Crippen LogP contribution >= 0.6 is 15.9 Å². The Kier molecular flexibility index (Phi) is 4.34. The first kappa shape index (κ1) is 14.5. The van der Waals surface area contributed by atoms with Crippen LogP contribution in [0.15, 0.2) is 56.0 Å². The van der Waals surface area contributed by atoms with Crippen LogP contribution < -0.4 is 5.32 Å². The van der Waals surface area contributed by atoms with Gasteiger partial charge < -0.3 is 8.83 Å². The first-order chi connectivity index (χ1) is 10.7. The molecule has 6 nitrogen and oxygen atoms in total. The van der Waals surface area contributed by atoms with Crippen LogP contribution in [0.5, 0.6) is 0 Å². The molecule has 0 spiro atoms. The lowest BCUT2D eigenvalue weighted by Gasteiger charge is -2.00. The maximum absolute atomic E-state index is 11.9. The molecule has 0 saturated heterocycles. The first-order valence-electron chi connectivity index (χ1n) is 6.64. The van der Waals surface area contributed by atoms with Gasteiger partial charge >= 0.3 is 6.01 Å². The Morgan fingerprint density at radius 2 is 1.91 bits per heavy atom. The number of anilines is 1. The number of carbonyl (C=O) groups is 1. The van der Waals surface area contributed by atoms with E-state index in [0.717, 1.165) is 5.56 Å². The largest absolute Gasteiger partial charge is 0.444 e. The fourth-order valence-corrected chi connectivity index (χ4v) is 2.19. The van der Waals surface area contributed by atoms with Gasteiger partial charge in [0.05, 0.1) is 0 Å². The number of halogens is 1. The van der Waals surface area contributed by atoms with Crippen molar-refractivity contribution in [1.82, 2.24) is 10.2 Å². The van der Waals surface area contributed by atoms with Crippen molar-refractivity contribution in [3.05, 3.63) is 52.7 Å². The van der Waals surface area contributed by atoms with E-state index in [4.69, 9.17) is 8.83 Å². The van der Waals surface area contributed by atoms with Crippen LogP contribution in [0, 0.1) is 0 Å². The van der Waals surface area contributed by atoms with Crippen molar-refractivity contribution in [2.75, 3.05) is 5.32 Å². The van der Waals surface area contributed by atoms with Gasteiger partial charge in [-0.3, -0.25) is 10.1 Å². The normalized spacial score (nSPS) is 10.6. The Morgan fingerprint density at radius 1 is 1.09 bits per heavy atom. The number of hydrogen-bond acceptors (Lipinski definition) is 5. The summed E-state index contributed by atoms with van der Waals surface area (Å²) in [6.07, 6.45) is 0.993. The zero-order chi connectivity index (χ0) is 15.4. The van der Waals surface area contributed by atoms with Gasteiger partial charge in [0.2, 0.25) is 5.91 Å². The molecule has 0 fully saturated rings. The summed E-state index contributed by atoms with van der Waals surface area (Å²) in [5.41, 5.74) is 1.10. The van der Waals surface area contributed by atoms with Gasteiger partial charge in [-0.15, -0.1) is 5.10 Å². The fourth-order valence-electron chi connectivity index (χ4n) is 1.89. The lowest BCUT2D eigenvalue weighted by Crippen LogP contribution is -2.12.